The summed E-state index contributed by atoms with van der Waals surface area (Å²) in [5.41, 5.74) is 2.26. The standard InChI is InChI=1S/C15H24O2/c1-5-6-12-7-9-13(10-8-12)14(16)15(17-4)11(2)3/h7-11,14-16H,5-6H2,1-4H3. The molecular formula is C15H24O2. The van der Waals surface area contributed by atoms with Gasteiger partial charge in [0.1, 0.15) is 6.10 Å². The Balaban J connectivity index is 2.77. The molecule has 0 saturated carbocycles. The Hall–Kier alpha value is -0.860. The second-order valence-electron chi connectivity index (χ2n) is 4.88. The first-order chi connectivity index (χ1) is 8.10. The van der Waals surface area contributed by atoms with Gasteiger partial charge in [-0.15, -0.1) is 0 Å². The van der Waals surface area contributed by atoms with Crippen LogP contribution in [0.3, 0.4) is 0 Å². The molecule has 0 aliphatic rings. The lowest BCUT2D eigenvalue weighted by Gasteiger charge is -2.25. The molecule has 0 fully saturated rings. The second-order valence-corrected chi connectivity index (χ2v) is 4.88. The molecule has 0 radical (unpaired) electrons. The van der Waals surface area contributed by atoms with Crippen LogP contribution in [-0.2, 0) is 11.2 Å². The first kappa shape index (κ1) is 14.2. The Morgan fingerprint density at radius 3 is 2.18 bits per heavy atom. The van der Waals surface area contributed by atoms with E-state index >= 15 is 0 Å². The third kappa shape index (κ3) is 3.83. The zero-order valence-electron chi connectivity index (χ0n) is 11.3. The quantitative estimate of drug-likeness (QED) is 0.821. The zero-order valence-corrected chi connectivity index (χ0v) is 11.3. The SMILES string of the molecule is CCCc1ccc(C(O)C(OC)C(C)C)cc1. The van der Waals surface area contributed by atoms with Gasteiger partial charge in [-0.1, -0.05) is 51.5 Å². The minimum Gasteiger partial charge on any atom is -0.386 e. The van der Waals surface area contributed by atoms with E-state index in [1.165, 1.54) is 5.56 Å². The van der Waals surface area contributed by atoms with Gasteiger partial charge in [-0.2, -0.15) is 0 Å². The maximum absolute atomic E-state index is 10.2. The van der Waals surface area contributed by atoms with Crippen molar-refractivity contribution in [3.63, 3.8) is 0 Å². The van der Waals surface area contributed by atoms with Crippen molar-refractivity contribution in [2.75, 3.05) is 7.11 Å². The number of aliphatic hydroxyl groups excluding tert-OH is 1. The maximum atomic E-state index is 10.2. The van der Waals surface area contributed by atoms with Crippen molar-refractivity contribution in [1.29, 1.82) is 0 Å². The van der Waals surface area contributed by atoms with Crippen LogP contribution in [0.4, 0.5) is 0 Å². The van der Waals surface area contributed by atoms with E-state index < -0.39 is 6.10 Å². The summed E-state index contributed by atoms with van der Waals surface area (Å²) in [5.74, 6) is 0.297. The molecule has 1 rings (SSSR count). The van der Waals surface area contributed by atoms with Crippen molar-refractivity contribution in [3.05, 3.63) is 35.4 Å². The fraction of sp³-hybridized carbons (Fsp3) is 0.600. The molecule has 1 aromatic rings. The van der Waals surface area contributed by atoms with E-state index in [1.807, 2.05) is 12.1 Å². The van der Waals surface area contributed by atoms with E-state index in [0.29, 0.717) is 5.92 Å². The second kappa shape index (κ2) is 6.77. The average Bonchev–Trinajstić information content (AvgIpc) is 2.30. The van der Waals surface area contributed by atoms with Crippen molar-refractivity contribution in [2.24, 2.45) is 5.92 Å². The van der Waals surface area contributed by atoms with Gasteiger partial charge in [0, 0.05) is 7.11 Å². The lowest BCUT2D eigenvalue weighted by Crippen LogP contribution is -2.26. The van der Waals surface area contributed by atoms with Crippen LogP contribution in [0.2, 0.25) is 0 Å². The summed E-state index contributed by atoms with van der Waals surface area (Å²) in [6, 6.07) is 8.19. The van der Waals surface area contributed by atoms with E-state index in [2.05, 4.69) is 32.9 Å². The molecule has 0 bridgehead atoms. The minimum absolute atomic E-state index is 0.146. The van der Waals surface area contributed by atoms with Crippen LogP contribution in [0.15, 0.2) is 24.3 Å². The molecule has 0 saturated heterocycles. The number of hydrogen-bond donors (Lipinski definition) is 1. The molecule has 0 amide bonds. The maximum Gasteiger partial charge on any atom is 0.105 e. The molecule has 1 N–H and O–H groups in total. The largest absolute Gasteiger partial charge is 0.386 e. The van der Waals surface area contributed by atoms with Crippen molar-refractivity contribution in [3.8, 4) is 0 Å². The molecule has 0 aliphatic carbocycles. The Kier molecular flexibility index (Phi) is 5.66. The van der Waals surface area contributed by atoms with Gasteiger partial charge in [-0.25, -0.2) is 0 Å². The van der Waals surface area contributed by atoms with E-state index in [0.717, 1.165) is 18.4 Å². The van der Waals surface area contributed by atoms with Gasteiger partial charge in [-0.05, 0) is 23.5 Å². The Morgan fingerprint density at radius 2 is 1.76 bits per heavy atom. The number of aryl methyl sites for hydroxylation is 1. The molecule has 1 aromatic carbocycles. The lowest BCUT2D eigenvalue weighted by molar-refractivity contribution is -0.0390. The highest BCUT2D eigenvalue weighted by molar-refractivity contribution is 5.25. The average molecular weight is 236 g/mol. The molecule has 0 aliphatic heterocycles. The summed E-state index contributed by atoms with van der Waals surface area (Å²) in [7, 11) is 1.65. The predicted octanol–water partition coefficient (Wildman–Crippen LogP) is 3.34. The molecule has 17 heavy (non-hydrogen) atoms. The lowest BCUT2D eigenvalue weighted by atomic mass is 9.95. The van der Waals surface area contributed by atoms with Crippen LogP contribution < -0.4 is 0 Å². The molecule has 0 spiro atoms. The van der Waals surface area contributed by atoms with Crippen molar-refractivity contribution in [2.45, 2.75) is 45.8 Å². The van der Waals surface area contributed by atoms with Crippen molar-refractivity contribution in [1.82, 2.24) is 0 Å². The topological polar surface area (TPSA) is 29.5 Å². The molecule has 2 atom stereocenters. The molecule has 2 nitrogen and oxygen atoms in total. The van der Waals surface area contributed by atoms with E-state index in [-0.39, 0.29) is 6.10 Å². The molecule has 2 heteroatoms. The van der Waals surface area contributed by atoms with Gasteiger partial charge in [-0.3, -0.25) is 0 Å². The summed E-state index contributed by atoms with van der Waals surface area (Å²) in [5, 5.41) is 10.2. The monoisotopic (exact) mass is 236 g/mol. The first-order valence-corrected chi connectivity index (χ1v) is 6.39. The summed E-state index contributed by atoms with van der Waals surface area (Å²) in [4.78, 5) is 0. The number of ether oxygens (including phenoxy) is 1. The number of benzene rings is 1. The molecular weight excluding hydrogens is 212 g/mol. The van der Waals surface area contributed by atoms with E-state index in [9.17, 15) is 5.11 Å². The number of hydrogen-bond acceptors (Lipinski definition) is 2. The summed E-state index contributed by atoms with van der Waals surface area (Å²) < 4.78 is 5.36. The number of aliphatic hydroxyl groups is 1. The smallest absolute Gasteiger partial charge is 0.105 e. The summed E-state index contributed by atoms with van der Waals surface area (Å²) in [6.45, 7) is 6.29. The number of rotatable bonds is 6. The fourth-order valence-corrected chi connectivity index (χ4v) is 2.13. The highest BCUT2D eigenvalue weighted by Crippen LogP contribution is 2.24. The third-order valence-electron chi connectivity index (χ3n) is 3.10. The molecule has 96 valence electrons. The molecule has 2 unspecified atom stereocenters. The van der Waals surface area contributed by atoms with E-state index in [4.69, 9.17) is 4.74 Å². The van der Waals surface area contributed by atoms with Crippen LogP contribution in [0, 0.1) is 5.92 Å². The van der Waals surface area contributed by atoms with Gasteiger partial charge < -0.3 is 9.84 Å². The van der Waals surface area contributed by atoms with Crippen LogP contribution in [0.25, 0.3) is 0 Å². The van der Waals surface area contributed by atoms with Crippen molar-refractivity contribution >= 4 is 0 Å². The highest BCUT2D eigenvalue weighted by Gasteiger charge is 2.23. The van der Waals surface area contributed by atoms with Crippen LogP contribution in [0.5, 0.6) is 0 Å². The predicted molar refractivity (Wildman–Crippen MR) is 71.0 cm³/mol. The third-order valence-corrected chi connectivity index (χ3v) is 3.10. The van der Waals surface area contributed by atoms with Crippen LogP contribution in [-0.4, -0.2) is 18.3 Å². The van der Waals surface area contributed by atoms with Gasteiger partial charge in [0.25, 0.3) is 0 Å². The van der Waals surface area contributed by atoms with Crippen LogP contribution >= 0.6 is 0 Å². The zero-order chi connectivity index (χ0) is 12.8. The van der Waals surface area contributed by atoms with E-state index in [1.54, 1.807) is 7.11 Å². The Bertz CT molecular complexity index is 316. The Morgan fingerprint density at radius 1 is 1.18 bits per heavy atom. The molecule has 0 aromatic heterocycles. The van der Waals surface area contributed by atoms with Crippen molar-refractivity contribution < 1.29 is 9.84 Å². The number of methoxy groups -OCH3 is 1. The van der Waals surface area contributed by atoms with Gasteiger partial charge in [0.15, 0.2) is 0 Å². The normalized spacial score (nSPS) is 14.9. The first-order valence-electron chi connectivity index (χ1n) is 6.39. The highest BCUT2D eigenvalue weighted by atomic mass is 16.5. The van der Waals surface area contributed by atoms with Gasteiger partial charge in [0.05, 0.1) is 6.10 Å². The fourth-order valence-electron chi connectivity index (χ4n) is 2.13. The minimum atomic E-state index is -0.546. The summed E-state index contributed by atoms with van der Waals surface area (Å²) >= 11 is 0. The van der Waals surface area contributed by atoms with Gasteiger partial charge >= 0.3 is 0 Å². The van der Waals surface area contributed by atoms with Gasteiger partial charge in [0.2, 0.25) is 0 Å². The summed E-state index contributed by atoms with van der Waals surface area (Å²) in [6.07, 6.45) is 1.55. The Labute approximate surface area is 105 Å². The molecule has 0 heterocycles. The van der Waals surface area contributed by atoms with Crippen LogP contribution in [0.1, 0.15) is 44.4 Å².